The Morgan fingerprint density at radius 2 is 1.78 bits per heavy atom. The first kappa shape index (κ1) is 21.7. The molecular formula is C25H29N5O2. The minimum Gasteiger partial charge on any atom is -0.351 e. The van der Waals surface area contributed by atoms with Gasteiger partial charge in [-0.15, -0.1) is 0 Å². The zero-order valence-corrected chi connectivity index (χ0v) is 18.6. The number of aryl methyl sites for hydroxylation is 2. The van der Waals surface area contributed by atoms with Gasteiger partial charge in [0.05, 0.1) is 16.6 Å². The number of H-pyrrole nitrogens is 1. The van der Waals surface area contributed by atoms with Crippen LogP contribution in [0.4, 0.5) is 0 Å². The molecule has 0 unspecified atom stereocenters. The molecule has 5 rings (SSSR count). The lowest BCUT2D eigenvalue weighted by Gasteiger charge is -2.24. The number of para-hydroxylation sites is 1. The summed E-state index contributed by atoms with van der Waals surface area (Å²) in [6.45, 7) is 2.51. The van der Waals surface area contributed by atoms with Crippen LogP contribution in [-0.4, -0.2) is 32.4 Å². The molecule has 0 atom stereocenters. The van der Waals surface area contributed by atoms with Crippen LogP contribution >= 0.6 is 0 Å². The van der Waals surface area contributed by atoms with Gasteiger partial charge in [-0.3, -0.25) is 14.3 Å². The predicted octanol–water partition coefficient (Wildman–Crippen LogP) is 3.98. The van der Waals surface area contributed by atoms with E-state index in [1.165, 1.54) is 25.7 Å². The third-order valence-electron chi connectivity index (χ3n) is 6.10. The number of carbonyl (C=O) groups excluding carboxylic acids is 1. The molecule has 1 aliphatic rings. The molecule has 0 saturated heterocycles. The zero-order chi connectivity index (χ0) is 22.5. The van der Waals surface area contributed by atoms with Crippen molar-refractivity contribution in [3.8, 4) is 0 Å². The van der Waals surface area contributed by atoms with Gasteiger partial charge in [0.1, 0.15) is 0 Å². The van der Waals surface area contributed by atoms with E-state index >= 15 is 0 Å². The number of aromatic amines is 1. The monoisotopic (exact) mass is 431 g/mol. The van der Waals surface area contributed by atoms with Crippen molar-refractivity contribution in [1.29, 1.82) is 0 Å². The molecule has 1 fully saturated rings. The topological polar surface area (TPSA) is 92.7 Å². The Morgan fingerprint density at radius 3 is 2.47 bits per heavy atom. The van der Waals surface area contributed by atoms with Crippen molar-refractivity contribution in [2.75, 3.05) is 6.54 Å². The van der Waals surface area contributed by atoms with Crippen molar-refractivity contribution in [2.45, 2.75) is 39.0 Å². The summed E-state index contributed by atoms with van der Waals surface area (Å²) in [4.78, 5) is 23.3. The second kappa shape index (κ2) is 9.77. The van der Waals surface area contributed by atoms with Crippen molar-refractivity contribution >= 4 is 27.6 Å². The minimum absolute atomic E-state index is 0.0898. The smallest absolute Gasteiger partial charge is 0.272 e. The number of rotatable bonds is 5. The van der Waals surface area contributed by atoms with Gasteiger partial charge < -0.3 is 5.32 Å². The van der Waals surface area contributed by atoms with Crippen LogP contribution in [0.2, 0.25) is 0 Å². The van der Waals surface area contributed by atoms with Crippen molar-refractivity contribution < 1.29 is 4.79 Å². The van der Waals surface area contributed by atoms with Crippen LogP contribution in [0, 0.1) is 5.92 Å². The summed E-state index contributed by atoms with van der Waals surface area (Å²) in [5.41, 5.74) is 2.41. The Kier molecular flexibility index (Phi) is 6.63. The molecule has 32 heavy (non-hydrogen) atoms. The molecule has 0 aliphatic heterocycles. The highest BCUT2D eigenvalue weighted by molar-refractivity contribution is 6.04. The molecule has 7 heteroatoms. The molecule has 0 radical (unpaired) electrons. The summed E-state index contributed by atoms with van der Waals surface area (Å²) in [7, 11) is 1.84. The van der Waals surface area contributed by atoms with E-state index in [2.05, 4.69) is 20.6 Å². The fourth-order valence-corrected chi connectivity index (χ4v) is 4.11. The number of hydrogen-bond donors (Lipinski definition) is 2. The Morgan fingerprint density at radius 1 is 1.09 bits per heavy atom. The maximum atomic E-state index is 11.7. The molecule has 2 aromatic carbocycles. The number of nitrogens with zero attached hydrogens (tertiary/aromatic N) is 3. The number of carbonyl (C=O) groups is 1. The van der Waals surface area contributed by atoms with Crippen LogP contribution in [0.5, 0.6) is 0 Å². The standard InChI is InChI=1S/C14H16N2O.C11H13N3O/c17-14-12-7-2-1-6-11(12)13(15-16-14)9-8-10-4-3-5-10;1-3-12-11(15)10-8-6-4-5-7-9(8)14(2)13-10/h1-2,6-7,10H,3-5,8-9H2,(H,16,17);4-7H,3H2,1-2H3,(H,12,15). The Balaban J connectivity index is 0.000000155. The maximum Gasteiger partial charge on any atom is 0.272 e. The quantitative estimate of drug-likeness (QED) is 0.500. The lowest BCUT2D eigenvalue weighted by atomic mass is 9.81. The van der Waals surface area contributed by atoms with E-state index in [1.54, 1.807) is 4.68 Å². The molecule has 0 bridgehead atoms. The molecule has 2 N–H and O–H groups in total. The molecule has 1 amide bonds. The van der Waals surface area contributed by atoms with Gasteiger partial charge in [0.2, 0.25) is 0 Å². The van der Waals surface area contributed by atoms with E-state index in [-0.39, 0.29) is 11.5 Å². The fraction of sp³-hybridized carbons (Fsp3) is 0.360. The van der Waals surface area contributed by atoms with Crippen LogP contribution in [0.25, 0.3) is 21.7 Å². The number of aromatic nitrogens is 4. The van der Waals surface area contributed by atoms with Gasteiger partial charge in [0.25, 0.3) is 11.5 Å². The molecule has 4 aromatic rings. The molecule has 1 aliphatic carbocycles. The van der Waals surface area contributed by atoms with Crippen molar-refractivity contribution in [3.63, 3.8) is 0 Å². The predicted molar refractivity (Wildman–Crippen MR) is 127 cm³/mol. The Bertz CT molecular complexity index is 1290. The molecule has 2 aromatic heterocycles. The van der Waals surface area contributed by atoms with Crippen LogP contribution in [-0.2, 0) is 13.5 Å². The van der Waals surface area contributed by atoms with E-state index in [0.29, 0.717) is 12.2 Å². The summed E-state index contributed by atoms with van der Waals surface area (Å²) in [5, 5.41) is 16.4. The number of nitrogens with one attached hydrogen (secondary N) is 2. The summed E-state index contributed by atoms with van der Waals surface area (Å²) in [6, 6.07) is 15.4. The molecule has 1 saturated carbocycles. The highest BCUT2D eigenvalue weighted by atomic mass is 16.2. The first-order valence-electron chi connectivity index (χ1n) is 11.2. The largest absolute Gasteiger partial charge is 0.351 e. The van der Waals surface area contributed by atoms with Gasteiger partial charge >= 0.3 is 0 Å². The van der Waals surface area contributed by atoms with Gasteiger partial charge in [-0.05, 0) is 37.8 Å². The second-order valence-electron chi connectivity index (χ2n) is 8.23. The van der Waals surface area contributed by atoms with Gasteiger partial charge in [0.15, 0.2) is 5.69 Å². The fourth-order valence-electron chi connectivity index (χ4n) is 4.11. The van der Waals surface area contributed by atoms with E-state index in [1.807, 2.05) is 62.5 Å². The highest BCUT2D eigenvalue weighted by Crippen LogP contribution is 2.30. The lowest BCUT2D eigenvalue weighted by molar-refractivity contribution is 0.0951. The van der Waals surface area contributed by atoms with Crippen LogP contribution in [0.3, 0.4) is 0 Å². The highest BCUT2D eigenvalue weighted by Gasteiger charge is 2.18. The molecule has 7 nitrogen and oxygen atoms in total. The SMILES string of the molecule is CCNC(=O)c1nn(C)c2ccccc12.O=c1[nH]nc(CCC2CCC2)c2ccccc12. The van der Waals surface area contributed by atoms with Crippen molar-refractivity contribution in [2.24, 2.45) is 13.0 Å². The Labute approximate surface area is 186 Å². The first-order valence-corrected chi connectivity index (χ1v) is 11.2. The van der Waals surface area contributed by atoms with Gasteiger partial charge in [-0.2, -0.15) is 10.2 Å². The van der Waals surface area contributed by atoms with Gasteiger partial charge in [-0.25, -0.2) is 5.10 Å². The average molecular weight is 432 g/mol. The molecule has 0 spiro atoms. The van der Waals surface area contributed by atoms with E-state index in [0.717, 1.165) is 39.7 Å². The number of fused-ring (bicyclic) bond motifs is 2. The summed E-state index contributed by atoms with van der Waals surface area (Å²) >= 11 is 0. The number of benzene rings is 2. The zero-order valence-electron chi connectivity index (χ0n) is 18.6. The van der Waals surface area contributed by atoms with Crippen molar-refractivity contribution in [3.05, 3.63) is 70.3 Å². The van der Waals surface area contributed by atoms with Crippen LogP contribution in [0.15, 0.2) is 53.3 Å². The molecule has 166 valence electrons. The van der Waals surface area contributed by atoms with Crippen molar-refractivity contribution in [1.82, 2.24) is 25.3 Å². The second-order valence-corrected chi connectivity index (χ2v) is 8.23. The number of hydrogen-bond acceptors (Lipinski definition) is 4. The van der Waals surface area contributed by atoms with E-state index in [9.17, 15) is 9.59 Å². The molecule has 2 heterocycles. The van der Waals surface area contributed by atoms with Gasteiger partial charge in [-0.1, -0.05) is 55.7 Å². The minimum atomic E-state index is -0.116. The van der Waals surface area contributed by atoms with E-state index in [4.69, 9.17) is 0 Å². The van der Waals surface area contributed by atoms with Crippen LogP contribution in [0.1, 0.15) is 48.8 Å². The van der Waals surface area contributed by atoms with Crippen LogP contribution < -0.4 is 10.9 Å². The summed E-state index contributed by atoms with van der Waals surface area (Å²) in [5.74, 6) is 0.761. The first-order chi connectivity index (χ1) is 15.6. The summed E-state index contributed by atoms with van der Waals surface area (Å²) < 4.78 is 1.72. The Hall–Kier alpha value is -3.48. The van der Waals surface area contributed by atoms with E-state index < -0.39 is 0 Å². The van der Waals surface area contributed by atoms with Gasteiger partial charge in [0, 0.05) is 24.4 Å². The summed E-state index contributed by atoms with van der Waals surface area (Å²) in [6.07, 6.45) is 6.28. The third-order valence-corrected chi connectivity index (χ3v) is 6.10. The third kappa shape index (κ3) is 4.56. The average Bonchev–Trinajstić information content (AvgIpc) is 3.12. The molecular weight excluding hydrogens is 402 g/mol. The normalized spacial score (nSPS) is 13.4. The lowest BCUT2D eigenvalue weighted by Crippen LogP contribution is -2.23. The maximum absolute atomic E-state index is 11.7. The number of amides is 1.